The van der Waals surface area contributed by atoms with Gasteiger partial charge in [-0.15, -0.1) is 0 Å². The highest BCUT2D eigenvalue weighted by Gasteiger charge is 2.47. The molecule has 1 aromatic carbocycles. The van der Waals surface area contributed by atoms with Crippen molar-refractivity contribution in [2.45, 2.75) is 29.7 Å². The molecule has 1 aliphatic rings. The lowest BCUT2D eigenvalue weighted by molar-refractivity contribution is -0.0876. The second-order valence-electron chi connectivity index (χ2n) is 5.44. The number of nitrogens with zero attached hydrogens (tertiary/aromatic N) is 1. The fraction of sp³-hybridized carbons (Fsp3) is 0.267. The predicted octanol–water partition coefficient (Wildman–Crippen LogP) is 3.48. The SMILES string of the molecule is O=S(=O)(NC1CC(F)(F)C1)c1cccc(Cl)c1-c1cccnc1. The van der Waals surface area contributed by atoms with Crippen molar-refractivity contribution in [3.05, 3.63) is 47.7 Å². The van der Waals surface area contributed by atoms with Crippen LogP contribution in [0.1, 0.15) is 12.8 Å². The predicted molar refractivity (Wildman–Crippen MR) is 83.0 cm³/mol. The highest BCUT2D eigenvalue weighted by atomic mass is 35.5. The van der Waals surface area contributed by atoms with Crippen LogP contribution in [-0.2, 0) is 10.0 Å². The van der Waals surface area contributed by atoms with Gasteiger partial charge < -0.3 is 0 Å². The zero-order valence-corrected chi connectivity index (χ0v) is 13.4. The van der Waals surface area contributed by atoms with E-state index in [2.05, 4.69) is 9.71 Å². The average molecular weight is 359 g/mol. The molecule has 1 aromatic heterocycles. The number of hydrogen-bond donors (Lipinski definition) is 1. The Hall–Kier alpha value is -1.57. The van der Waals surface area contributed by atoms with Gasteiger partial charge in [-0.25, -0.2) is 21.9 Å². The van der Waals surface area contributed by atoms with Gasteiger partial charge in [-0.05, 0) is 18.2 Å². The maximum absolute atomic E-state index is 12.9. The minimum atomic E-state index is -3.97. The molecular formula is C15H13ClF2N2O2S. The summed E-state index contributed by atoms with van der Waals surface area (Å²) < 4.78 is 53.3. The molecule has 1 saturated carbocycles. The molecule has 2 aromatic rings. The number of rotatable bonds is 4. The van der Waals surface area contributed by atoms with Crippen molar-refractivity contribution in [2.75, 3.05) is 0 Å². The minimum Gasteiger partial charge on any atom is -0.264 e. The molecule has 0 unspecified atom stereocenters. The molecule has 0 spiro atoms. The number of aromatic nitrogens is 1. The highest BCUT2D eigenvalue weighted by Crippen LogP contribution is 2.39. The van der Waals surface area contributed by atoms with Crippen molar-refractivity contribution in [3.8, 4) is 11.1 Å². The monoisotopic (exact) mass is 358 g/mol. The van der Waals surface area contributed by atoms with Crippen molar-refractivity contribution in [3.63, 3.8) is 0 Å². The molecule has 1 aliphatic carbocycles. The van der Waals surface area contributed by atoms with Crippen LogP contribution in [0, 0.1) is 0 Å². The summed E-state index contributed by atoms with van der Waals surface area (Å²) in [6.07, 6.45) is 2.07. The van der Waals surface area contributed by atoms with Crippen LogP contribution < -0.4 is 4.72 Å². The smallest absolute Gasteiger partial charge is 0.251 e. The second kappa shape index (κ2) is 5.81. The van der Waals surface area contributed by atoms with Crippen LogP contribution in [-0.4, -0.2) is 25.4 Å². The number of hydrogen-bond acceptors (Lipinski definition) is 3. The first-order chi connectivity index (χ1) is 10.8. The zero-order valence-electron chi connectivity index (χ0n) is 11.8. The Labute approximate surface area is 137 Å². The van der Waals surface area contributed by atoms with Crippen LogP contribution in [0.15, 0.2) is 47.6 Å². The van der Waals surface area contributed by atoms with Gasteiger partial charge in [-0.1, -0.05) is 23.7 Å². The molecule has 0 radical (unpaired) electrons. The van der Waals surface area contributed by atoms with Crippen molar-refractivity contribution >= 4 is 21.6 Å². The van der Waals surface area contributed by atoms with E-state index in [4.69, 9.17) is 11.6 Å². The van der Waals surface area contributed by atoms with E-state index in [9.17, 15) is 17.2 Å². The van der Waals surface area contributed by atoms with Gasteiger partial charge in [0.25, 0.3) is 5.92 Å². The number of benzene rings is 1. The molecule has 0 saturated heterocycles. The summed E-state index contributed by atoms with van der Waals surface area (Å²) in [5.41, 5.74) is 0.846. The molecule has 0 aliphatic heterocycles. The standard InChI is InChI=1S/C15H13ClF2N2O2S/c16-12-4-1-5-13(14(12)10-3-2-6-19-9-10)23(21,22)20-11-7-15(17,18)8-11/h1-6,9,11,20H,7-8H2. The van der Waals surface area contributed by atoms with Crippen molar-refractivity contribution in [1.82, 2.24) is 9.71 Å². The van der Waals surface area contributed by atoms with E-state index >= 15 is 0 Å². The van der Waals surface area contributed by atoms with Gasteiger partial charge in [0.15, 0.2) is 0 Å². The molecule has 1 N–H and O–H groups in total. The van der Waals surface area contributed by atoms with E-state index < -0.39 is 34.8 Å². The molecule has 0 bridgehead atoms. The number of alkyl halides is 2. The largest absolute Gasteiger partial charge is 0.264 e. The quantitative estimate of drug-likeness (QED) is 0.910. The topological polar surface area (TPSA) is 59.1 Å². The Morgan fingerprint density at radius 1 is 1.22 bits per heavy atom. The lowest BCUT2D eigenvalue weighted by Crippen LogP contribution is -2.50. The second-order valence-corrected chi connectivity index (χ2v) is 7.53. The van der Waals surface area contributed by atoms with E-state index in [1.807, 2.05) is 0 Å². The first-order valence-electron chi connectivity index (χ1n) is 6.88. The summed E-state index contributed by atoms with van der Waals surface area (Å²) >= 11 is 6.16. The Bertz CT molecular complexity index is 821. The lowest BCUT2D eigenvalue weighted by Gasteiger charge is -2.35. The van der Waals surface area contributed by atoms with E-state index in [0.29, 0.717) is 11.1 Å². The van der Waals surface area contributed by atoms with Gasteiger partial charge in [0, 0.05) is 47.4 Å². The van der Waals surface area contributed by atoms with Crippen LogP contribution in [0.4, 0.5) is 8.78 Å². The van der Waals surface area contributed by atoms with E-state index in [-0.39, 0.29) is 9.92 Å². The van der Waals surface area contributed by atoms with Crippen LogP contribution in [0.2, 0.25) is 5.02 Å². The molecule has 4 nitrogen and oxygen atoms in total. The average Bonchev–Trinajstić information content (AvgIpc) is 2.45. The summed E-state index contributed by atoms with van der Waals surface area (Å²) in [5, 5.41) is 0.250. The number of halogens is 3. The molecule has 8 heteroatoms. The number of pyridine rings is 1. The van der Waals surface area contributed by atoms with Gasteiger partial charge in [-0.2, -0.15) is 0 Å². The molecule has 3 rings (SSSR count). The van der Waals surface area contributed by atoms with E-state index in [1.54, 1.807) is 24.4 Å². The maximum Gasteiger partial charge on any atom is 0.251 e. The third kappa shape index (κ3) is 3.36. The van der Waals surface area contributed by atoms with Gasteiger partial charge in [0.1, 0.15) is 0 Å². The first kappa shape index (κ1) is 16.3. The Balaban J connectivity index is 1.98. The third-order valence-electron chi connectivity index (χ3n) is 3.63. The zero-order chi connectivity index (χ0) is 16.7. The fourth-order valence-corrected chi connectivity index (χ4v) is 4.37. The third-order valence-corrected chi connectivity index (χ3v) is 5.50. The van der Waals surface area contributed by atoms with Crippen LogP contribution in [0.3, 0.4) is 0 Å². The number of sulfonamides is 1. The summed E-state index contributed by atoms with van der Waals surface area (Å²) in [6.45, 7) is 0. The maximum atomic E-state index is 12.9. The Morgan fingerprint density at radius 3 is 2.57 bits per heavy atom. The molecule has 23 heavy (non-hydrogen) atoms. The minimum absolute atomic E-state index is 0.0479. The summed E-state index contributed by atoms with van der Waals surface area (Å²) in [4.78, 5) is 3.91. The van der Waals surface area contributed by atoms with Gasteiger partial charge >= 0.3 is 0 Å². The lowest BCUT2D eigenvalue weighted by atomic mass is 9.89. The van der Waals surface area contributed by atoms with Gasteiger partial charge in [0.2, 0.25) is 10.0 Å². The highest BCUT2D eigenvalue weighted by molar-refractivity contribution is 7.89. The van der Waals surface area contributed by atoms with Crippen LogP contribution in [0.25, 0.3) is 11.1 Å². The summed E-state index contributed by atoms with van der Waals surface area (Å²) in [6, 6.07) is 7.05. The van der Waals surface area contributed by atoms with Crippen LogP contribution in [0.5, 0.6) is 0 Å². The van der Waals surface area contributed by atoms with E-state index in [1.165, 1.54) is 18.3 Å². The van der Waals surface area contributed by atoms with Gasteiger partial charge in [0.05, 0.1) is 4.90 Å². The van der Waals surface area contributed by atoms with Gasteiger partial charge in [-0.3, -0.25) is 4.98 Å². The van der Waals surface area contributed by atoms with E-state index in [0.717, 1.165) is 0 Å². The molecule has 1 fully saturated rings. The van der Waals surface area contributed by atoms with Crippen molar-refractivity contribution < 1.29 is 17.2 Å². The first-order valence-corrected chi connectivity index (χ1v) is 8.74. The summed E-state index contributed by atoms with van der Waals surface area (Å²) in [5.74, 6) is -2.80. The molecule has 0 amide bonds. The molecule has 122 valence electrons. The fourth-order valence-electron chi connectivity index (χ4n) is 2.55. The Morgan fingerprint density at radius 2 is 1.96 bits per heavy atom. The molecular weight excluding hydrogens is 346 g/mol. The van der Waals surface area contributed by atoms with Crippen molar-refractivity contribution in [1.29, 1.82) is 0 Å². The van der Waals surface area contributed by atoms with Crippen LogP contribution >= 0.6 is 11.6 Å². The Kier molecular flexibility index (Phi) is 4.12. The normalized spacial score (nSPS) is 17.7. The van der Waals surface area contributed by atoms with Crippen molar-refractivity contribution in [2.24, 2.45) is 0 Å². The number of nitrogens with one attached hydrogen (secondary N) is 1. The molecule has 1 heterocycles. The molecule has 0 atom stereocenters. The summed E-state index contributed by atoms with van der Waals surface area (Å²) in [7, 11) is -3.97.